The van der Waals surface area contributed by atoms with E-state index in [0.717, 1.165) is 11.8 Å². The Balaban J connectivity index is 2.09. The highest BCUT2D eigenvalue weighted by Crippen LogP contribution is 2.28. The van der Waals surface area contributed by atoms with Crippen molar-refractivity contribution in [3.63, 3.8) is 0 Å². The minimum atomic E-state index is -0.537. The van der Waals surface area contributed by atoms with Gasteiger partial charge in [-0.1, -0.05) is 6.07 Å². The van der Waals surface area contributed by atoms with Gasteiger partial charge in [0.2, 0.25) is 5.91 Å². The van der Waals surface area contributed by atoms with Crippen molar-refractivity contribution >= 4 is 23.5 Å². The molecule has 0 atom stereocenters. The summed E-state index contributed by atoms with van der Waals surface area (Å²) in [6.45, 7) is 4.04. The van der Waals surface area contributed by atoms with E-state index in [0.29, 0.717) is 23.7 Å². The van der Waals surface area contributed by atoms with Crippen LogP contribution in [0.2, 0.25) is 0 Å². The van der Waals surface area contributed by atoms with Crippen molar-refractivity contribution in [1.29, 1.82) is 0 Å². The first-order valence-corrected chi connectivity index (χ1v) is 7.85. The molecule has 0 bridgehead atoms. The fraction of sp³-hybridized carbons (Fsp3) is 0.222. The van der Waals surface area contributed by atoms with E-state index in [1.807, 2.05) is 6.92 Å². The third-order valence-corrected chi connectivity index (χ3v) is 3.43. The Labute approximate surface area is 150 Å². The van der Waals surface area contributed by atoms with Gasteiger partial charge in [-0.15, -0.1) is 0 Å². The average Bonchev–Trinajstić information content (AvgIpc) is 2.62. The van der Waals surface area contributed by atoms with Gasteiger partial charge in [0, 0.05) is 12.1 Å². The lowest BCUT2D eigenvalue weighted by molar-refractivity contribution is -0.385. The van der Waals surface area contributed by atoms with E-state index >= 15 is 0 Å². The van der Waals surface area contributed by atoms with E-state index in [1.54, 1.807) is 38.3 Å². The van der Waals surface area contributed by atoms with Crippen LogP contribution in [0, 0.1) is 17.0 Å². The van der Waals surface area contributed by atoms with Crippen LogP contribution in [0.1, 0.15) is 18.1 Å². The number of aromatic nitrogens is 1. The quantitative estimate of drug-likeness (QED) is 0.463. The number of aryl methyl sites for hydroxylation is 1. The number of carbonyl (C=O) groups is 1. The molecule has 1 heterocycles. The molecule has 0 saturated carbocycles. The monoisotopic (exact) mass is 357 g/mol. The van der Waals surface area contributed by atoms with Crippen molar-refractivity contribution < 1.29 is 19.2 Å². The number of nitro groups is 1. The molecule has 1 N–H and O–H groups in total. The van der Waals surface area contributed by atoms with E-state index in [2.05, 4.69) is 10.3 Å². The number of anilines is 1. The Hall–Kier alpha value is -3.42. The van der Waals surface area contributed by atoms with Crippen molar-refractivity contribution in [2.45, 2.75) is 13.8 Å². The van der Waals surface area contributed by atoms with Gasteiger partial charge in [-0.25, -0.2) is 4.98 Å². The fourth-order valence-corrected chi connectivity index (χ4v) is 2.18. The molecule has 1 aromatic heterocycles. The first-order chi connectivity index (χ1) is 12.4. The molecular formula is C18H19N3O5. The minimum absolute atomic E-state index is 0.127. The molecular weight excluding hydrogens is 338 g/mol. The predicted octanol–water partition coefficient (Wildman–Crippen LogP) is 3.36. The molecule has 0 saturated heterocycles. The number of nitrogens with one attached hydrogen (secondary N) is 1. The summed E-state index contributed by atoms with van der Waals surface area (Å²) in [6.07, 6.45) is 4.07. The summed E-state index contributed by atoms with van der Waals surface area (Å²) in [5, 5.41) is 13.3. The van der Waals surface area contributed by atoms with Crippen molar-refractivity contribution in [3.8, 4) is 11.5 Å². The van der Waals surface area contributed by atoms with Gasteiger partial charge in [-0.05, 0) is 43.2 Å². The van der Waals surface area contributed by atoms with Crippen LogP contribution in [-0.2, 0) is 4.79 Å². The molecule has 136 valence electrons. The number of benzene rings is 1. The molecule has 1 amide bonds. The van der Waals surface area contributed by atoms with Crippen LogP contribution in [0.4, 0.5) is 11.5 Å². The lowest BCUT2D eigenvalue weighted by Crippen LogP contribution is -2.10. The highest BCUT2D eigenvalue weighted by molar-refractivity contribution is 6.01. The normalized spacial score (nSPS) is 10.6. The Bertz CT molecular complexity index is 849. The molecule has 8 heteroatoms. The zero-order chi connectivity index (χ0) is 19.1. The highest BCUT2D eigenvalue weighted by Gasteiger charge is 2.10. The summed E-state index contributed by atoms with van der Waals surface area (Å²) in [5.74, 6) is 1.07. The van der Waals surface area contributed by atoms with Gasteiger partial charge in [0.1, 0.15) is 12.0 Å². The molecule has 0 radical (unpaired) electrons. The second-order valence-corrected chi connectivity index (χ2v) is 5.28. The van der Waals surface area contributed by atoms with Crippen molar-refractivity contribution in [1.82, 2.24) is 4.98 Å². The SMILES string of the molecule is CCOc1ccc(/C=C/C(=O)Nc2ncc([N+](=O)[O-])cc2C)cc1OC. The molecule has 8 nitrogen and oxygen atoms in total. The summed E-state index contributed by atoms with van der Waals surface area (Å²) < 4.78 is 10.7. The van der Waals surface area contributed by atoms with E-state index in [9.17, 15) is 14.9 Å². The Morgan fingerprint density at radius 3 is 2.73 bits per heavy atom. The Morgan fingerprint density at radius 1 is 1.35 bits per heavy atom. The van der Waals surface area contributed by atoms with Crippen molar-refractivity contribution in [3.05, 3.63) is 57.8 Å². The van der Waals surface area contributed by atoms with Gasteiger partial charge in [0.25, 0.3) is 5.69 Å². The van der Waals surface area contributed by atoms with Gasteiger partial charge < -0.3 is 14.8 Å². The molecule has 0 aliphatic rings. The van der Waals surface area contributed by atoms with Gasteiger partial charge in [-0.3, -0.25) is 14.9 Å². The summed E-state index contributed by atoms with van der Waals surface area (Å²) in [7, 11) is 1.54. The van der Waals surface area contributed by atoms with Gasteiger partial charge in [0.15, 0.2) is 11.5 Å². The molecule has 2 rings (SSSR count). The maximum atomic E-state index is 12.1. The maximum Gasteiger partial charge on any atom is 0.287 e. The van der Waals surface area contributed by atoms with Gasteiger partial charge >= 0.3 is 0 Å². The molecule has 0 unspecified atom stereocenters. The van der Waals surface area contributed by atoms with Gasteiger partial charge in [-0.2, -0.15) is 0 Å². The summed E-state index contributed by atoms with van der Waals surface area (Å²) >= 11 is 0. The van der Waals surface area contributed by atoms with Crippen LogP contribution >= 0.6 is 0 Å². The summed E-state index contributed by atoms with van der Waals surface area (Å²) in [5.41, 5.74) is 1.13. The molecule has 26 heavy (non-hydrogen) atoms. The van der Waals surface area contributed by atoms with Crippen LogP contribution < -0.4 is 14.8 Å². The fourth-order valence-electron chi connectivity index (χ4n) is 2.18. The van der Waals surface area contributed by atoms with Crippen LogP contribution in [0.3, 0.4) is 0 Å². The first-order valence-electron chi connectivity index (χ1n) is 7.85. The predicted molar refractivity (Wildman–Crippen MR) is 97.5 cm³/mol. The number of hydrogen-bond acceptors (Lipinski definition) is 6. The second-order valence-electron chi connectivity index (χ2n) is 5.28. The minimum Gasteiger partial charge on any atom is -0.493 e. The second kappa shape index (κ2) is 8.61. The summed E-state index contributed by atoms with van der Waals surface area (Å²) in [6, 6.07) is 6.67. The standard InChI is InChI=1S/C18H19N3O5/c1-4-26-15-7-5-13(10-16(15)25-3)6-8-17(22)20-18-12(2)9-14(11-19-18)21(23)24/h5-11H,4H2,1-3H3,(H,19,20,22)/b8-6+. The van der Waals surface area contributed by atoms with Crippen molar-refractivity contribution in [2.24, 2.45) is 0 Å². The number of hydrogen-bond donors (Lipinski definition) is 1. The lowest BCUT2D eigenvalue weighted by Gasteiger charge is -2.09. The van der Waals surface area contributed by atoms with E-state index in [-0.39, 0.29) is 11.5 Å². The number of rotatable bonds is 7. The lowest BCUT2D eigenvalue weighted by atomic mass is 10.2. The smallest absolute Gasteiger partial charge is 0.287 e. The molecule has 1 aromatic carbocycles. The van der Waals surface area contributed by atoms with E-state index in [4.69, 9.17) is 9.47 Å². The number of nitrogens with zero attached hydrogens (tertiary/aromatic N) is 2. The number of ether oxygens (including phenoxy) is 2. The number of methoxy groups -OCH3 is 1. The zero-order valence-corrected chi connectivity index (χ0v) is 14.7. The molecule has 2 aromatic rings. The first kappa shape index (κ1) is 18.9. The number of amides is 1. The zero-order valence-electron chi connectivity index (χ0n) is 14.7. The van der Waals surface area contributed by atoms with E-state index < -0.39 is 10.8 Å². The van der Waals surface area contributed by atoms with Crippen LogP contribution in [0.15, 0.2) is 36.5 Å². The van der Waals surface area contributed by atoms with Crippen LogP contribution in [-0.4, -0.2) is 29.5 Å². The van der Waals surface area contributed by atoms with E-state index in [1.165, 1.54) is 12.1 Å². The third kappa shape index (κ3) is 4.79. The molecule has 0 fully saturated rings. The third-order valence-electron chi connectivity index (χ3n) is 3.43. The van der Waals surface area contributed by atoms with Crippen LogP contribution in [0.25, 0.3) is 6.08 Å². The van der Waals surface area contributed by atoms with Crippen molar-refractivity contribution in [2.75, 3.05) is 19.0 Å². The Morgan fingerprint density at radius 2 is 2.12 bits per heavy atom. The topological polar surface area (TPSA) is 104 Å². The molecule has 0 aliphatic carbocycles. The molecule has 0 aliphatic heterocycles. The average molecular weight is 357 g/mol. The number of carbonyl (C=O) groups excluding carboxylic acids is 1. The van der Waals surface area contributed by atoms with Gasteiger partial charge in [0.05, 0.1) is 18.6 Å². The Kier molecular flexibility index (Phi) is 6.26. The largest absolute Gasteiger partial charge is 0.493 e. The number of pyridine rings is 1. The highest BCUT2D eigenvalue weighted by atomic mass is 16.6. The summed E-state index contributed by atoms with van der Waals surface area (Å²) in [4.78, 5) is 26.1. The molecule has 0 spiro atoms. The maximum absolute atomic E-state index is 12.1. The van der Waals surface area contributed by atoms with Crippen LogP contribution in [0.5, 0.6) is 11.5 Å².